The van der Waals surface area contributed by atoms with Gasteiger partial charge in [-0.2, -0.15) is 0 Å². The maximum Gasteiger partial charge on any atom is 0.132 e. The summed E-state index contributed by atoms with van der Waals surface area (Å²) in [6, 6.07) is 4.46. The van der Waals surface area contributed by atoms with Crippen molar-refractivity contribution in [3.63, 3.8) is 0 Å². The van der Waals surface area contributed by atoms with Crippen molar-refractivity contribution in [1.82, 2.24) is 0 Å². The van der Waals surface area contributed by atoms with Gasteiger partial charge in [-0.3, -0.25) is 0 Å². The minimum atomic E-state index is -0.812. The molecule has 0 saturated carbocycles. The van der Waals surface area contributed by atoms with Crippen molar-refractivity contribution in [2.45, 2.75) is 26.9 Å². The molecule has 0 aromatic heterocycles. The zero-order valence-electron chi connectivity index (χ0n) is 11.1. The molecule has 1 aromatic carbocycles. The first-order chi connectivity index (χ1) is 8.50. The van der Waals surface area contributed by atoms with E-state index in [-0.39, 0.29) is 5.56 Å². The highest BCUT2D eigenvalue weighted by Gasteiger charge is 2.08. The number of aliphatic hydroxyl groups is 1. The van der Waals surface area contributed by atoms with Crippen molar-refractivity contribution in [3.05, 3.63) is 29.6 Å². The standard InChI is InChI=1S/C14H21FO3/c1-10(2)9-17-6-7-18-12-4-5-13(11(3)16)14(15)8-12/h4-5,8,10-11,16H,6-7,9H2,1-3H3. The lowest BCUT2D eigenvalue weighted by molar-refractivity contribution is 0.0817. The molecule has 0 aliphatic rings. The van der Waals surface area contributed by atoms with Crippen LogP contribution in [-0.2, 0) is 4.74 Å². The summed E-state index contributed by atoms with van der Waals surface area (Å²) < 4.78 is 24.2. The number of hydrogen-bond acceptors (Lipinski definition) is 3. The predicted octanol–water partition coefficient (Wildman–Crippen LogP) is 2.93. The van der Waals surface area contributed by atoms with Gasteiger partial charge < -0.3 is 14.6 Å². The zero-order valence-corrected chi connectivity index (χ0v) is 11.1. The molecule has 0 spiro atoms. The molecule has 0 radical (unpaired) electrons. The van der Waals surface area contributed by atoms with Crippen LogP contribution in [0.4, 0.5) is 4.39 Å². The molecule has 102 valence electrons. The Hall–Kier alpha value is -1.13. The van der Waals surface area contributed by atoms with Gasteiger partial charge in [-0.15, -0.1) is 0 Å². The van der Waals surface area contributed by atoms with Crippen LogP contribution in [0.15, 0.2) is 18.2 Å². The lowest BCUT2D eigenvalue weighted by atomic mass is 10.1. The fraction of sp³-hybridized carbons (Fsp3) is 0.571. The van der Waals surface area contributed by atoms with Crippen LogP contribution in [0.3, 0.4) is 0 Å². The van der Waals surface area contributed by atoms with Gasteiger partial charge in [0.2, 0.25) is 0 Å². The Morgan fingerprint density at radius 3 is 2.50 bits per heavy atom. The quantitative estimate of drug-likeness (QED) is 0.762. The van der Waals surface area contributed by atoms with E-state index in [2.05, 4.69) is 13.8 Å². The van der Waals surface area contributed by atoms with E-state index in [1.807, 2.05) is 0 Å². The van der Waals surface area contributed by atoms with Gasteiger partial charge in [0.05, 0.1) is 12.7 Å². The van der Waals surface area contributed by atoms with E-state index in [9.17, 15) is 9.50 Å². The smallest absolute Gasteiger partial charge is 0.132 e. The molecule has 1 rings (SSSR count). The minimum Gasteiger partial charge on any atom is -0.491 e. The number of rotatable bonds is 7. The molecule has 18 heavy (non-hydrogen) atoms. The maximum atomic E-state index is 13.5. The van der Waals surface area contributed by atoms with Crippen molar-refractivity contribution < 1.29 is 19.0 Å². The third-order valence-corrected chi connectivity index (χ3v) is 2.37. The Labute approximate surface area is 108 Å². The minimum absolute atomic E-state index is 0.276. The Bertz CT molecular complexity index is 364. The van der Waals surface area contributed by atoms with Gasteiger partial charge in [-0.1, -0.05) is 13.8 Å². The highest BCUT2D eigenvalue weighted by molar-refractivity contribution is 5.29. The Kier molecular flexibility index (Phi) is 6.09. The molecule has 1 aromatic rings. The SMILES string of the molecule is CC(C)COCCOc1ccc(C(C)O)c(F)c1. The van der Waals surface area contributed by atoms with E-state index in [1.54, 1.807) is 6.07 Å². The molecular weight excluding hydrogens is 235 g/mol. The molecule has 0 saturated heterocycles. The Balaban J connectivity index is 2.37. The van der Waals surface area contributed by atoms with Crippen LogP contribution in [0.1, 0.15) is 32.4 Å². The van der Waals surface area contributed by atoms with E-state index in [0.717, 1.165) is 0 Å². The fourth-order valence-corrected chi connectivity index (χ4v) is 1.47. The lowest BCUT2D eigenvalue weighted by Gasteiger charge is -2.11. The van der Waals surface area contributed by atoms with Crippen LogP contribution < -0.4 is 4.74 Å². The fourth-order valence-electron chi connectivity index (χ4n) is 1.47. The molecule has 1 unspecified atom stereocenters. The van der Waals surface area contributed by atoms with Crippen LogP contribution >= 0.6 is 0 Å². The Morgan fingerprint density at radius 1 is 1.22 bits per heavy atom. The number of halogens is 1. The van der Waals surface area contributed by atoms with Crippen molar-refractivity contribution in [2.75, 3.05) is 19.8 Å². The normalized spacial score (nSPS) is 12.8. The van der Waals surface area contributed by atoms with Gasteiger partial charge in [0.1, 0.15) is 18.2 Å². The second kappa shape index (κ2) is 7.34. The summed E-state index contributed by atoms with van der Waals surface area (Å²) in [7, 11) is 0. The number of hydrogen-bond donors (Lipinski definition) is 1. The molecule has 0 aliphatic heterocycles. The van der Waals surface area contributed by atoms with Gasteiger partial charge in [-0.05, 0) is 25.0 Å². The number of aliphatic hydroxyl groups excluding tert-OH is 1. The molecular formula is C14H21FO3. The second-order valence-electron chi connectivity index (χ2n) is 4.68. The van der Waals surface area contributed by atoms with Gasteiger partial charge in [0.15, 0.2) is 0 Å². The lowest BCUT2D eigenvalue weighted by Crippen LogP contribution is -2.10. The van der Waals surface area contributed by atoms with Crippen molar-refractivity contribution in [1.29, 1.82) is 0 Å². The van der Waals surface area contributed by atoms with Crippen LogP contribution in [-0.4, -0.2) is 24.9 Å². The average Bonchev–Trinajstić information content (AvgIpc) is 2.27. The summed E-state index contributed by atoms with van der Waals surface area (Å²) in [6.45, 7) is 7.24. The molecule has 0 bridgehead atoms. The molecule has 1 atom stereocenters. The summed E-state index contributed by atoms with van der Waals surface area (Å²) in [4.78, 5) is 0. The van der Waals surface area contributed by atoms with Crippen molar-refractivity contribution in [2.24, 2.45) is 5.92 Å². The van der Waals surface area contributed by atoms with E-state index in [0.29, 0.717) is 31.5 Å². The van der Waals surface area contributed by atoms with Gasteiger partial charge in [0.25, 0.3) is 0 Å². The third-order valence-electron chi connectivity index (χ3n) is 2.37. The van der Waals surface area contributed by atoms with E-state index in [1.165, 1.54) is 19.1 Å². The first-order valence-electron chi connectivity index (χ1n) is 6.18. The van der Waals surface area contributed by atoms with Crippen LogP contribution in [0, 0.1) is 11.7 Å². The third kappa shape index (κ3) is 5.02. The zero-order chi connectivity index (χ0) is 13.5. The molecule has 4 heteroatoms. The molecule has 0 amide bonds. The van der Waals surface area contributed by atoms with Gasteiger partial charge in [-0.25, -0.2) is 4.39 Å². The van der Waals surface area contributed by atoms with Gasteiger partial charge >= 0.3 is 0 Å². The van der Waals surface area contributed by atoms with Gasteiger partial charge in [0, 0.05) is 18.2 Å². The highest BCUT2D eigenvalue weighted by Crippen LogP contribution is 2.21. The average molecular weight is 256 g/mol. The predicted molar refractivity (Wildman–Crippen MR) is 68.2 cm³/mol. The molecule has 0 heterocycles. The topological polar surface area (TPSA) is 38.7 Å². The molecule has 1 N–H and O–H groups in total. The van der Waals surface area contributed by atoms with E-state index in [4.69, 9.17) is 9.47 Å². The summed E-state index contributed by atoms with van der Waals surface area (Å²) in [5.74, 6) is 0.489. The monoisotopic (exact) mass is 256 g/mol. The van der Waals surface area contributed by atoms with Crippen LogP contribution in [0.25, 0.3) is 0 Å². The second-order valence-corrected chi connectivity index (χ2v) is 4.68. The van der Waals surface area contributed by atoms with Crippen LogP contribution in [0.5, 0.6) is 5.75 Å². The van der Waals surface area contributed by atoms with Crippen LogP contribution in [0.2, 0.25) is 0 Å². The summed E-state index contributed by atoms with van der Waals surface area (Å²) in [5.41, 5.74) is 0.276. The number of benzene rings is 1. The molecule has 0 aliphatic carbocycles. The first kappa shape index (κ1) is 14.9. The first-order valence-corrected chi connectivity index (χ1v) is 6.18. The Morgan fingerprint density at radius 2 is 1.94 bits per heavy atom. The molecule has 3 nitrogen and oxygen atoms in total. The summed E-state index contributed by atoms with van der Waals surface area (Å²) in [6.07, 6.45) is -0.812. The highest BCUT2D eigenvalue weighted by atomic mass is 19.1. The van der Waals surface area contributed by atoms with E-state index >= 15 is 0 Å². The molecule has 0 fully saturated rings. The van der Waals surface area contributed by atoms with E-state index < -0.39 is 11.9 Å². The summed E-state index contributed by atoms with van der Waals surface area (Å²) in [5, 5.41) is 9.29. The largest absolute Gasteiger partial charge is 0.491 e. The van der Waals surface area contributed by atoms with Crippen molar-refractivity contribution >= 4 is 0 Å². The summed E-state index contributed by atoms with van der Waals surface area (Å²) >= 11 is 0. The number of ether oxygens (including phenoxy) is 2. The van der Waals surface area contributed by atoms with Crippen molar-refractivity contribution in [3.8, 4) is 5.75 Å². The maximum absolute atomic E-state index is 13.5.